The van der Waals surface area contributed by atoms with Gasteiger partial charge in [0.1, 0.15) is 5.82 Å². The molecular formula is C16H18BrN3O. The van der Waals surface area contributed by atoms with Gasteiger partial charge in [0.05, 0.1) is 18.9 Å². The van der Waals surface area contributed by atoms with E-state index >= 15 is 0 Å². The Morgan fingerprint density at radius 1 is 1.33 bits per heavy atom. The molecule has 0 saturated carbocycles. The highest BCUT2D eigenvalue weighted by molar-refractivity contribution is 9.10. The molecule has 21 heavy (non-hydrogen) atoms. The van der Waals surface area contributed by atoms with E-state index in [-0.39, 0.29) is 0 Å². The second kappa shape index (κ2) is 6.12. The van der Waals surface area contributed by atoms with E-state index in [2.05, 4.69) is 53.3 Å². The number of hydrogen-bond acceptors (Lipinski definition) is 4. The minimum Gasteiger partial charge on any atom is -0.376 e. The van der Waals surface area contributed by atoms with Crippen molar-refractivity contribution in [2.24, 2.45) is 0 Å². The molecule has 0 bridgehead atoms. The molecule has 3 rings (SSSR count). The standard InChI is InChI=1S/C16H18BrN3O/c1-3-18-16-12-9-21-7-6-14(12)19-15(20-16)11-5-4-10(2)13(17)8-11/h4-5,8H,3,6-7,9H2,1-2H3,(H,18,19,20). The molecule has 2 aromatic rings. The third-order valence-corrected chi connectivity index (χ3v) is 4.45. The largest absolute Gasteiger partial charge is 0.376 e. The number of hydrogen-bond donors (Lipinski definition) is 1. The van der Waals surface area contributed by atoms with Crippen molar-refractivity contribution in [2.45, 2.75) is 26.9 Å². The van der Waals surface area contributed by atoms with Gasteiger partial charge >= 0.3 is 0 Å². The molecule has 110 valence electrons. The summed E-state index contributed by atoms with van der Waals surface area (Å²) < 4.78 is 6.61. The highest BCUT2D eigenvalue weighted by Gasteiger charge is 2.18. The van der Waals surface area contributed by atoms with Crippen LogP contribution in [0.2, 0.25) is 0 Å². The highest BCUT2D eigenvalue weighted by Crippen LogP contribution is 2.28. The summed E-state index contributed by atoms with van der Waals surface area (Å²) in [5.41, 5.74) is 4.43. The van der Waals surface area contributed by atoms with Crippen molar-refractivity contribution < 1.29 is 4.74 Å². The minimum atomic E-state index is 0.593. The number of nitrogens with zero attached hydrogens (tertiary/aromatic N) is 2. The number of ether oxygens (including phenoxy) is 1. The van der Waals surface area contributed by atoms with Crippen molar-refractivity contribution in [2.75, 3.05) is 18.5 Å². The van der Waals surface area contributed by atoms with Crippen molar-refractivity contribution in [3.63, 3.8) is 0 Å². The van der Waals surface area contributed by atoms with Crippen LogP contribution in [0.25, 0.3) is 11.4 Å². The fraction of sp³-hybridized carbons (Fsp3) is 0.375. The van der Waals surface area contributed by atoms with E-state index in [1.807, 2.05) is 0 Å². The van der Waals surface area contributed by atoms with E-state index in [0.29, 0.717) is 6.61 Å². The third kappa shape index (κ3) is 2.94. The van der Waals surface area contributed by atoms with Gasteiger partial charge in [-0.25, -0.2) is 9.97 Å². The molecule has 1 aliphatic rings. The van der Waals surface area contributed by atoms with Crippen LogP contribution in [0.5, 0.6) is 0 Å². The van der Waals surface area contributed by atoms with Gasteiger partial charge in [-0.15, -0.1) is 0 Å². The zero-order chi connectivity index (χ0) is 14.8. The minimum absolute atomic E-state index is 0.593. The van der Waals surface area contributed by atoms with Crippen LogP contribution in [-0.2, 0) is 17.8 Å². The van der Waals surface area contributed by atoms with Crippen molar-refractivity contribution in [3.05, 3.63) is 39.5 Å². The van der Waals surface area contributed by atoms with Gasteiger partial charge in [-0.1, -0.05) is 28.1 Å². The smallest absolute Gasteiger partial charge is 0.161 e. The van der Waals surface area contributed by atoms with E-state index < -0.39 is 0 Å². The second-order valence-corrected chi connectivity index (χ2v) is 5.97. The lowest BCUT2D eigenvalue weighted by Gasteiger charge is -2.20. The number of nitrogens with one attached hydrogen (secondary N) is 1. The van der Waals surface area contributed by atoms with Crippen molar-refractivity contribution in [1.82, 2.24) is 9.97 Å². The molecule has 4 nitrogen and oxygen atoms in total. The molecule has 2 heterocycles. The number of fused-ring (bicyclic) bond motifs is 1. The van der Waals surface area contributed by atoms with Crippen LogP contribution in [0.3, 0.4) is 0 Å². The second-order valence-electron chi connectivity index (χ2n) is 5.12. The Labute approximate surface area is 133 Å². The summed E-state index contributed by atoms with van der Waals surface area (Å²) >= 11 is 3.58. The average molecular weight is 348 g/mol. The molecule has 0 amide bonds. The van der Waals surface area contributed by atoms with Crippen LogP contribution in [0.1, 0.15) is 23.7 Å². The summed E-state index contributed by atoms with van der Waals surface area (Å²) in [6.07, 6.45) is 0.844. The zero-order valence-electron chi connectivity index (χ0n) is 12.2. The first kappa shape index (κ1) is 14.5. The molecule has 0 fully saturated rings. The van der Waals surface area contributed by atoms with Gasteiger partial charge in [-0.3, -0.25) is 0 Å². The monoisotopic (exact) mass is 347 g/mol. The maximum atomic E-state index is 5.54. The number of aromatic nitrogens is 2. The Hall–Kier alpha value is -1.46. The number of rotatable bonds is 3. The predicted octanol–water partition coefficient (Wildman–Crippen LogP) is 3.72. The maximum Gasteiger partial charge on any atom is 0.161 e. The first-order valence-electron chi connectivity index (χ1n) is 7.17. The molecule has 0 spiro atoms. The first-order chi connectivity index (χ1) is 10.2. The highest BCUT2D eigenvalue weighted by atomic mass is 79.9. The topological polar surface area (TPSA) is 47.0 Å². The Bertz CT molecular complexity index is 673. The average Bonchev–Trinajstić information content (AvgIpc) is 2.50. The lowest BCUT2D eigenvalue weighted by molar-refractivity contribution is 0.109. The Balaban J connectivity index is 2.09. The molecule has 1 aromatic carbocycles. The molecule has 5 heteroatoms. The van der Waals surface area contributed by atoms with Crippen LogP contribution in [0.4, 0.5) is 5.82 Å². The quantitative estimate of drug-likeness (QED) is 0.918. The maximum absolute atomic E-state index is 5.54. The fourth-order valence-corrected chi connectivity index (χ4v) is 2.79. The van der Waals surface area contributed by atoms with Crippen LogP contribution in [-0.4, -0.2) is 23.1 Å². The van der Waals surface area contributed by atoms with Crippen molar-refractivity contribution in [1.29, 1.82) is 0 Å². The third-order valence-electron chi connectivity index (χ3n) is 3.60. The van der Waals surface area contributed by atoms with Crippen molar-refractivity contribution >= 4 is 21.7 Å². The molecule has 0 aliphatic carbocycles. The normalized spacial score (nSPS) is 13.9. The van der Waals surface area contributed by atoms with Gasteiger partial charge < -0.3 is 10.1 Å². The summed E-state index contributed by atoms with van der Waals surface area (Å²) in [5, 5.41) is 3.33. The van der Waals surface area contributed by atoms with E-state index in [1.54, 1.807) is 0 Å². The number of aryl methyl sites for hydroxylation is 1. The molecule has 1 aromatic heterocycles. The number of halogens is 1. The molecule has 0 saturated heterocycles. The van der Waals surface area contributed by atoms with Crippen LogP contribution < -0.4 is 5.32 Å². The van der Waals surface area contributed by atoms with Gasteiger partial charge in [0.15, 0.2) is 5.82 Å². The van der Waals surface area contributed by atoms with Crippen LogP contribution >= 0.6 is 15.9 Å². The molecule has 0 atom stereocenters. The summed E-state index contributed by atoms with van der Waals surface area (Å²) in [6.45, 7) is 6.30. The van der Waals surface area contributed by atoms with Gasteiger partial charge in [0, 0.05) is 28.6 Å². The summed E-state index contributed by atoms with van der Waals surface area (Å²) in [5.74, 6) is 1.67. The molecule has 1 N–H and O–H groups in total. The number of anilines is 1. The van der Waals surface area contributed by atoms with E-state index in [1.165, 1.54) is 5.56 Å². The lowest BCUT2D eigenvalue weighted by Crippen LogP contribution is -2.17. The fourth-order valence-electron chi connectivity index (χ4n) is 2.41. The zero-order valence-corrected chi connectivity index (χ0v) is 13.8. The number of benzene rings is 1. The van der Waals surface area contributed by atoms with Gasteiger partial charge in [-0.05, 0) is 25.5 Å². The molecule has 0 radical (unpaired) electrons. The van der Waals surface area contributed by atoms with E-state index in [0.717, 1.165) is 52.5 Å². The molecule has 1 aliphatic heterocycles. The predicted molar refractivity (Wildman–Crippen MR) is 87.4 cm³/mol. The van der Waals surface area contributed by atoms with Crippen LogP contribution in [0, 0.1) is 6.92 Å². The first-order valence-corrected chi connectivity index (χ1v) is 7.96. The SMILES string of the molecule is CCNc1nc(-c2ccc(C)c(Br)c2)nc2c1COCC2. The van der Waals surface area contributed by atoms with Crippen molar-refractivity contribution in [3.8, 4) is 11.4 Å². The summed E-state index contributed by atoms with van der Waals surface area (Å²) in [6, 6.07) is 6.22. The summed E-state index contributed by atoms with van der Waals surface area (Å²) in [4.78, 5) is 9.44. The summed E-state index contributed by atoms with van der Waals surface area (Å²) in [7, 11) is 0. The Kier molecular flexibility index (Phi) is 4.22. The van der Waals surface area contributed by atoms with E-state index in [4.69, 9.17) is 14.7 Å². The van der Waals surface area contributed by atoms with E-state index in [9.17, 15) is 0 Å². The Morgan fingerprint density at radius 2 is 2.19 bits per heavy atom. The molecule has 0 unspecified atom stereocenters. The van der Waals surface area contributed by atoms with Gasteiger partial charge in [0.25, 0.3) is 0 Å². The van der Waals surface area contributed by atoms with Gasteiger partial charge in [0.2, 0.25) is 0 Å². The van der Waals surface area contributed by atoms with Crippen LogP contribution in [0.15, 0.2) is 22.7 Å². The lowest BCUT2D eigenvalue weighted by atomic mass is 10.1. The van der Waals surface area contributed by atoms with Gasteiger partial charge in [-0.2, -0.15) is 0 Å². The Morgan fingerprint density at radius 3 is 2.95 bits per heavy atom. The molecular weight excluding hydrogens is 330 g/mol.